The van der Waals surface area contributed by atoms with Crippen LogP contribution in [0.1, 0.15) is 42.2 Å². The highest BCUT2D eigenvalue weighted by molar-refractivity contribution is 7.10. The molecule has 3 heteroatoms. The fourth-order valence-electron chi connectivity index (χ4n) is 3.09. The fraction of sp³-hybridized carbons (Fsp3) is 0.412. The lowest BCUT2D eigenvalue weighted by Gasteiger charge is -2.24. The van der Waals surface area contributed by atoms with Crippen molar-refractivity contribution in [3.05, 3.63) is 57.2 Å². The van der Waals surface area contributed by atoms with Crippen molar-refractivity contribution >= 4 is 22.9 Å². The maximum Gasteiger partial charge on any atom is 0.0446 e. The third kappa shape index (κ3) is 3.43. The van der Waals surface area contributed by atoms with Gasteiger partial charge in [-0.15, -0.1) is 11.3 Å². The van der Waals surface area contributed by atoms with Gasteiger partial charge in [0.25, 0.3) is 0 Å². The van der Waals surface area contributed by atoms with Crippen molar-refractivity contribution in [2.24, 2.45) is 5.92 Å². The summed E-state index contributed by atoms with van der Waals surface area (Å²) >= 11 is 7.81. The van der Waals surface area contributed by atoms with E-state index in [9.17, 15) is 0 Å². The Bertz CT molecular complexity index is 514. The Morgan fingerprint density at radius 1 is 1.15 bits per heavy atom. The first-order valence-corrected chi connectivity index (χ1v) is 8.60. The van der Waals surface area contributed by atoms with Gasteiger partial charge >= 0.3 is 0 Å². The lowest BCUT2D eigenvalue weighted by molar-refractivity contribution is 0.371. The Morgan fingerprint density at radius 3 is 2.55 bits per heavy atom. The molecule has 0 amide bonds. The molecule has 1 nitrogen and oxygen atoms in total. The molecule has 1 aliphatic rings. The molecule has 0 spiro atoms. The van der Waals surface area contributed by atoms with Crippen LogP contribution in [0.15, 0.2) is 41.8 Å². The van der Waals surface area contributed by atoms with Crippen molar-refractivity contribution in [2.75, 3.05) is 0 Å². The van der Waals surface area contributed by atoms with Gasteiger partial charge in [0.1, 0.15) is 0 Å². The minimum absolute atomic E-state index is 0.508. The molecule has 106 valence electrons. The average Bonchev–Trinajstić information content (AvgIpc) is 3.14. The lowest BCUT2D eigenvalue weighted by Crippen LogP contribution is -2.26. The highest BCUT2D eigenvalue weighted by Gasteiger charge is 2.26. The Hall–Kier alpha value is -0.830. The van der Waals surface area contributed by atoms with Crippen LogP contribution in [0.4, 0.5) is 0 Å². The van der Waals surface area contributed by atoms with Crippen LogP contribution in [0.25, 0.3) is 0 Å². The number of halogens is 1. The molecule has 1 fully saturated rings. The maximum atomic E-state index is 5.94. The number of benzene rings is 1. The minimum atomic E-state index is 0.508. The summed E-state index contributed by atoms with van der Waals surface area (Å²) in [5, 5.41) is 6.75. The lowest BCUT2D eigenvalue weighted by atomic mass is 9.96. The molecule has 1 N–H and O–H groups in total. The number of thiophene rings is 1. The van der Waals surface area contributed by atoms with E-state index >= 15 is 0 Å². The number of hydrogen-bond donors (Lipinski definition) is 1. The second-order valence-corrected chi connectivity index (χ2v) is 6.96. The Balaban J connectivity index is 1.68. The first-order chi connectivity index (χ1) is 9.83. The molecular weight excluding hydrogens is 286 g/mol. The zero-order valence-corrected chi connectivity index (χ0v) is 13.1. The van der Waals surface area contributed by atoms with E-state index in [-0.39, 0.29) is 0 Å². The van der Waals surface area contributed by atoms with Crippen LogP contribution < -0.4 is 5.32 Å². The molecule has 2 aromatic rings. The second kappa shape index (κ2) is 6.75. The van der Waals surface area contributed by atoms with Crippen molar-refractivity contribution in [2.45, 2.75) is 38.3 Å². The molecular formula is C17H20ClNS. The van der Waals surface area contributed by atoms with Crippen molar-refractivity contribution in [1.82, 2.24) is 5.32 Å². The van der Waals surface area contributed by atoms with Crippen LogP contribution in [-0.2, 0) is 6.54 Å². The number of rotatable bonds is 5. The van der Waals surface area contributed by atoms with E-state index in [0.717, 1.165) is 17.5 Å². The predicted octanol–water partition coefficient (Wildman–Crippen LogP) is 5.42. The predicted molar refractivity (Wildman–Crippen MR) is 87.3 cm³/mol. The summed E-state index contributed by atoms with van der Waals surface area (Å²) in [7, 11) is 0. The highest BCUT2D eigenvalue weighted by Crippen LogP contribution is 2.37. The maximum absolute atomic E-state index is 5.94. The van der Waals surface area contributed by atoms with Crippen LogP contribution in [0.2, 0.25) is 5.02 Å². The molecule has 1 aliphatic carbocycles. The Labute approximate surface area is 130 Å². The number of nitrogens with one attached hydrogen (secondary N) is 1. The molecule has 1 atom stereocenters. The summed E-state index contributed by atoms with van der Waals surface area (Å²) in [6.45, 7) is 0.913. The van der Waals surface area contributed by atoms with Gasteiger partial charge in [0.15, 0.2) is 0 Å². The monoisotopic (exact) mass is 305 g/mol. The molecule has 20 heavy (non-hydrogen) atoms. The van der Waals surface area contributed by atoms with E-state index < -0.39 is 0 Å². The van der Waals surface area contributed by atoms with Crippen molar-refractivity contribution in [1.29, 1.82) is 0 Å². The fourth-order valence-corrected chi connectivity index (χ4v) is 4.11. The van der Waals surface area contributed by atoms with Gasteiger partial charge in [-0.2, -0.15) is 0 Å². The van der Waals surface area contributed by atoms with Crippen LogP contribution in [0.3, 0.4) is 0 Å². The van der Waals surface area contributed by atoms with Gasteiger partial charge in [-0.3, -0.25) is 0 Å². The van der Waals surface area contributed by atoms with Crippen molar-refractivity contribution in [3.8, 4) is 0 Å². The smallest absolute Gasteiger partial charge is 0.0446 e. The Morgan fingerprint density at radius 2 is 1.90 bits per heavy atom. The molecule has 1 aromatic heterocycles. The van der Waals surface area contributed by atoms with E-state index in [1.807, 2.05) is 23.5 Å². The van der Waals surface area contributed by atoms with E-state index in [2.05, 4.69) is 35.0 Å². The summed E-state index contributed by atoms with van der Waals surface area (Å²) in [5.74, 6) is 0.793. The molecule has 0 radical (unpaired) electrons. The van der Waals surface area contributed by atoms with Gasteiger partial charge in [0.05, 0.1) is 0 Å². The topological polar surface area (TPSA) is 12.0 Å². The average molecular weight is 306 g/mol. The van der Waals surface area contributed by atoms with Crippen LogP contribution >= 0.6 is 22.9 Å². The van der Waals surface area contributed by atoms with Crippen LogP contribution in [-0.4, -0.2) is 0 Å². The highest BCUT2D eigenvalue weighted by atomic mass is 35.5. The Kier molecular flexibility index (Phi) is 4.77. The van der Waals surface area contributed by atoms with Crippen molar-refractivity contribution in [3.63, 3.8) is 0 Å². The van der Waals surface area contributed by atoms with Gasteiger partial charge in [-0.25, -0.2) is 0 Å². The molecule has 1 unspecified atom stereocenters. The summed E-state index contributed by atoms with van der Waals surface area (Å²) in [6, 6.07) is 13.1. The van der Waals surface area contributed by atoms with Crippen LogP contribution in [0.5, 0.6) is 0 Å². The van der Waals surface area contributed by atoms with E-state index in [1.54, 1.807) is 0 Å². The third-order valence-corrected chi connectivity index (χ3v) is 5.37. The molecule has 1 saturated carbocycles. The van der Waals surface area contributed by atoms with Crippen LogP contribution in [0, 0.1) is 5.92 Å². The first-order valence-electron chi connectivity index (χ1n) is 7.34. The van der Waals surface area contributed by atoms with Gasteiger partial charge < -0.3 is 5.32 Å². The minimum Gasteiger partial charge on any atom is -0.305 e. The molecule has 1 heterocycles. The normalized spacial score (nSPS) is 17.4. The van der Waals surface area contributed by atoms with E-state index in [1.165, 1.54) is 36.1 Å². The summed E-state index contributed by atoms with van der Waals surface area (Å²) in [6.07, 6.45) is 5.48. The molecule has 0 aliphatic heterocycles. The first kappa shape index (κ1) is 14.1. The second-order valence-electron chi connectivity index (χ2n) is 5.54. The SMILES string of the molecule is Clc1ccc(CNC(c2cccs2)C2CCCC2)cc1. The molecule has 3 rings (SSSR count). The summed E-state index contributed by atoms with van der Waals surface area (Å²) < 4.78 is 0. The molecule has 1 aromatic carbocycles. The number of hydrogen-bond acceptors (Lipinski definition) is 2. The third-order valence-electron chi connectivity index (χ3n) is 4.16. The quantitative estimate of drug-likeness (QED) is 0.777. The molecule has 0 saturated heterocycles. The zero-order valence-electron chi connectivity index (χ0n) is 11.5. The van der Waals surface area contributed by atoms with Gasteiger partial charge in [0.2, 0.25) is 0 Å². The molecule has 0 bridgehead atoms. The largest absolute Gasteiger partial charge is 0.305 e. The zero-order chi connectivity index (χ0) is 13.8. The van der Waals surface area contributed by atoms with Gasteiger partial charge in [0, 0.05) is 22.5 Å². The van der Waals surface area contributed by atoms with E-state index in [0.29, 0.717) is 6.04 Å². The van der Waals surface area contributed by atoms with Gasteiger partial charge in [-0.05, 0) is 47.9 Å². The van der Waals surface area contributed by atoms with Gasteiger partial charge in [-0.1, -0.05) is 42.6 Å². The van der Waals surface area contributed by atoms with Crippen molar-refractivity contribution < 1.29 is 0 Å². The standard InChI is InChI=1S/C17H20ClNS/c18-15-9-7-13(8-10-15)12-19-17(14-4-1-2-5-14)16-6-3-11-20-16/h3,6-11,14,17,19H,1-2,4-5,12H2. The van der Waals surface area contributed by atoms with E-state index in [4.69, 9.17) is 11.6 Å². The summed E-state index contributed by atoms with van der Waals surface area (Å²) in [4.78, 5) is 1.48. The summed E-state index contributed by atoms with van der Waals surface area (Å²) in [5.41, 5.74) is 1.30.